The number of nitrogens with zero attached hydrogens (tertiary/aromatic N) is 2. The van der Waals surface area contributed by atoms with Crippen molar-refractivity contribution in [2.75, 3.05) is 5.73 Å². The molecule has 0 aliphatic carbocycles. The summed E-state index contributed by atoms with van der Waals surface area (Å²) in [7, 11) is 0. The Morgan fingerprint density at radius 1 is 1.47 bits per heavy atom. The van der Waals surface area contributed by atoms with E-state index >= 15 is 0 Å². The van der Waals surface area contributed by atoms with E-state index in [0.29, 0.717) is 0 Å². The quantitative estimate of drug-likeness (QED) is 0.725. The fourth-order valence-electron chi connectivity index (χ4n) is 2.11. The van der Waals surface area contributed by atoms with Gasteiger partial charge in [-0.2, -0.15) is 9.19 Å². The molecule has 0 saturated carbocycles. The highest BCUT2D eigenvalue weighted by Gasteiger charge is 2.52. The lowest BCUT2D eigenvalue weighted by atomic mass is 10.1. The number of fused-ring (bicyclic) bond motifs is 1. The minimum atomic E-state index is -1.90. The summed E-state index contributed by atoms with van der Waals surface area (Å²) >= 11 is -1.90. The summed E-state index contributed by atoms with van der Waals surface area (Å²) in [5.41, 5.74) is 4.42. The summed E-state index contributed by atoms with van der Waals surface area (Å²) in [5.74, 6) is -1.34. The number of rotatable bonds is 1. The van der Waals surface area contributed by atoms with Crippen molar-refractivity contribution < 1.29 is 21.7 Å². The molecule has 8 nitrogen and oxygen atoms in total. The zero-order valence-electron chi connectivity index (χ0n) is 9.69. The standard InChI is InChI=1S/C9H10FN3O5S/c1-3-5-6(18-19(15)17-5)8(16-3)13-2-4(10)7(11)12-9(13)14/h2-3,5-6,8H,1H3,(H2,11,12,14)/t3-,5-,6-,8-,19?/m1/s1. The van der Waals surface area contributed by atoms with Crippen molar-refractivity contribution in [2.45, 2.75) is 31.5 Å². The molecule has 2 N–H and O–H groups in total. The van der Waals surface area contributed by atoms with Crippen molar-refractivity contribution in [1.82, 2.24) is 9.55 Å². The molecule has 0 aromatic carbocycles. The van der Waals surface area contributed by atoms with Crippen LogP contribution in [0.3, 0.4) is 0 Å². The molecule has 2 saturated heterocycles. The van der Waals surface area contributed by atoms with Gasteiger partial charge in [-0.05, 0) is 6.92 Å². The third-order valence-corrected chi connectivity index (χ3v) is 3.77. The van der Waals surface area contributed by atoms with Crippen LogP contribution in [0.5, 0.6) is 0 Å². The summed E-state index contributed by atoms with van der Waals surface area (Å²) in [5, 5.41) is 0. The lowest BCUT2D eigenvalue weighted by Gasteiger charge is -2.17. The monoisotopic (exact) mass is 291 g/mol. The zero-order valence-corrected chi connectivity index (χ0v) is 10.5. The van der Waals surface area contributed by atoms with Gasteiger partial charge in [-0.15, -0.1) is 0 Å². The Balaban J connectivity index is 2.01. The van der Waals surface area contributed by atoms with Gasteiger partial charge in [0.1, 0.15) is 6.10 Å². The van der Waals surface area contributed by atoms with Gasteiger partial charge >= 0.3 is 17.1 Å². The minimum absolute atomic E-state index is 0.450. The van der Waals surface area contributed by atoms with E-state index in [1.165, 1.54) is 0 Å². The predicted molar refractivity (Wildman–Crippen MR) is 60.3 cm³/mol. The van der Waals surface area contributed by atoms with E-state index < -0.39 is 53.2 Å². The maximum atomic E-state index is 13.4. The number of hydrogen-bond donors (Lipinski definition) is 1. The molecule has 3 rings (SSSR count). The second kappa shape index (κ2) is 4.34. The molecule has 0 bridgehead atoms. The summed E-state index contributed by atoms with van der Waals surface area (Å²) in [4.78, 5) is 15.0. The Hall–Kier alpha value is -1.36. The largest absolute Gasteiger partial charge is 0.381 e. The van der Waals surface area contributed by atoms with Crippen molar-refractivity contribution in [3.63, 3.8) is 0 Å². The normalized spacial score (nSPS) is 37.5. The van der Waals surface area contributed by atoms with Crippen molar-refractivity contribution in [3.05, 3.63) is 22.5 Å². The van der Waals surface area contributed by atoms with E-state index in [-0.39, 0.29) is 0 Å². The van der Waals surface area contributed by atoms with Gasteiger partial charge < -0.3 is 10.5 Å². The number of nitrogen functional groups attached to an aromatic ring is 1. The molecule has 2 fully saturated rings. The first kappa shape index (κ1) is 12.7. The van der Waals surface area contributed by atoms with E-state index in [2.05, 4.69) is 4.98 Å². The van der Waals surface area contributed by atoms with Gasteiger partial charge in [0.15, 0.2) is 24.0 Å². The highest BCUT2D eigenvalue weighted by atomic mass is 32.2. The zero-order chi connectivity index (χ0) is 13.7. The average molecular weight is 291 g/mol. The second-order valence-electron chi connectivity index (χ2n) is 4.22. The number of ether oxygens (including phenoxy) is 1. The van der Waals surface area contributed by atoms with Crippen molar-refractivity contribution in [3.8, 4) is 0 Å². The molecule has 104 valence electrons. The number of anilines is 1. The molecule has 0 radical (unpaired) electrons. The maximum Gasteiger partial charge on any atom is 0.351 e. The molecule has 3 heterocycles. The van der Waals surface area contributed by atoms with Crippen molar-refractivity contribution in [1.29, 1.82) is 0 Å². The number of hydrogen-bond acceptors (Lipinski definition) is 7. The van der Waals surface area contributed by atoms with E-state index in [0.717, 1.165) is 10.8 Å². The molecule has 19 heavy (non-hydrogen) atoms. The van der Waals surface area contributed by atoms with Crippen LogP contribution in [0.2, 0.25) is 0 Å². The van der Waals surface area contributed by atoms with Crippen LogP contribution in [-0.4, -0.2) is 32.1 Å². The Morgan fingerprint density at radius 2 is 2.16 bits per heavy atom. The summed E-state index contributed by atoms with van der Waals surface area (Å²) < 4.78 is 41.0. The molecule has 0 amide bonds. The van der Waals surface area contributed by atoms with Gasteiger partial charge in [0.05, 0.1) is 12.3 Å². The van der Waals surface area contributed by atoms with Gasteiger partial charge in [0.2, 0.25) is 0 Å². The van der Waals surface area contributed by atoms with Gasteiger partial charge in [-0.3, -0.25) is 12.9 Å². The first-order chi connectivity index (χ1) is 8.97. The summed E-state index contributed by atoms with van der Waals surface area (Å²) in [6.07, 6.45) is -1.87. The van der Waals surface area contributed by atoms with Gasteiger partial charge in [0, 0.05) is 0 Å². The Labute approximate surface area is 109 Å². The first-order valence-electron chi connectivity index (χ1n) is 5.43. The maximum absolute atomic E-state index is 13.4. The van der Waals surface area contributed by atoms with Gasteiger partial charge in [0.25, 0.3) is 0 Å². The molecular weight excluding hydrogens is 281 g/mol. The van der Waals surface area contributed by atoms with Crippen molar-refractivity contribution in [2.24, 2.45) is 0 Å². The van der Waals surface area contributed by atoms with Crippen LogP contribution in [0.1, 0.15) is 13.2 Å². The molecule has 0 spiro atoms. The topological polar surface area (TPSA) is 106 Å². The lowest BCUT2D eigenvalue weighted by molar-refractivity contribution is -0.0311. The fraction of sp³-hybridized carbons (Fsp3) is 0.556. The molecular formula is C9H10FN3O5S. The molecule has 1 unspecified atom stereocenters. The number of halogens is 1. The van der Waals surface area contributed by atoms with Gasteiger partial charge in [-0.25, -0.2) is 9.18 Å². The molecule has 5 atom stereocenters. The van der Waals surface area contributed by atoms with Crippen LogP contribution in [0, 0.1) is 5.82 Å². The Bertz CT molecular complexity index is 608. The Kier molecular flexibility index (Phi) is 2.89. The molecule has 1 aromatic heterocycles. The van der Waals surface area contributed by atoms with Crippen LogP contribution in [0.15, 0.2) is 11.0 Å². The summed E-state index contributed by atoms with van der Waals surface area (Å²) in [6.45, 7) is 1.68. The highest BCUT2D eigenvalue weighted by molar-refractivity contribution is 7.75. The smallest absolute Gasteiger partial charge is 0.351 e. The highest BCUT2D eigenvalue weighted by Crippen LogP contribution is 2.38. The van der Waals surface area contributed by atoms with Crippen LogP contribution in [0.4, 0.5) is 10.2 Å². The van der Waals surface area contributed by atoms with E-state index in [1.807, 2.05) is 0 Å². The molecule has 1 aromatic rings. The SMILES string of the molecule is C[C@H]1O[C@@H](n2cc(F)c(N)nc2=O)[C@@H]2OS(=O)O[C@@H]21. The molecule has 2 aliphatic heterocycles. The average Bonchev–Trinajstić information content (AvgIpc) is 2.84. The van der Waals surface area contributed by atoms with E-state index in [4.69, 9.17) is 18.8 Å². The number of aromatic nitrogens is 2. The van der Waals surface area contributed by atoms with E-state index in [1.54, 1.807) is 6.92 Å². The third-order valence-electron chi connectivity index (χ3n) is 3.01. The van der Waals surface area contributed by atoms with Crippen LogP contribution in [-0.2, 0) is 24.5 Å². The second-order valence-corrected chi connectivity index (χ2v) is 5.01. The minimum Gasteiger partial charge on any atom is -0.381 e. The third kappa shape index (κ3) is 1.96. The fourth-order valence-corrected chi connectivity index (χ4v) is 2.99. The first-order valence-corrected chi connectivity index (χ1v) is 6.43. The van der Waals surface area contributed by atoms with Crippen molar-refractivity contribution >= 4 is 17.2 Å². The molecule has 10 heteroatoms. The number of nitrogens with two attached hydrogens (primary N) is 1. The van der Waals surface area contributed by atoms with Crippen LogP contribution < -0.4 is 11.4 Å². The van der Waals surface area contributed by atoms with Crippen LogP contribution in [0.25, 0.3) is 0 Å². The Morgan fingerprint density at radius 3 is 2.89 bits per heavy atom. The summed E-state index contributed by atoms with van der Waals surface area (Å²) in [6, 6.07) is 0. The van der Waals surface area contributed by atoms with Gasteiger partial charge in [-0.1, -0.05) is 0 Å². The lowest BCUT2D eigenvalue weighted by Crippen LogP contribution is -2.34. The molecule has 2 aliphatic rings. The van der Waals surface area contributed by atoms with E-state index in [9.17, 15) is 13.4 Å². The predicted octanol–water partition coefficient (Wildman–Crippen LogP) is -0.755. The van der Waals surface area contributed by atoms with Crippen LogP contribution >= 0.6 is 0 Å².